The first-order valence-corrected chi connectivity index (χ1v) is 7.93. The summed E-state index contributed by atoms with van der Waals surface area (Å²) in [5, 5.41) is 3.04. The Morgan fingerprint density at radius 2 is 2.10 bits per heavy atom. The van der Waals surface area contributed by atoms with Crippen molar-refractivity contribution in [2.45, 2.75) is 38.6 Å². The molecule has 0 spiro atoms. The Hall–Kier alpha value is -1.71. The molecule has 3 aliphatic rings. The molecular formula is C17H21NO3. The van der Waals surface area contributed by atoms with Gasteiger partial charge in [-0.15, -0.1) is 0 Å². The summed E-state index contributed by atoms with van der Waals surface area (Å²) in [5.41, 5.74) is 1.06. The van der Waals surface area contributed by atoms with Crippen LogP contribution in [-0.4, -0.2) is 12.7 Å². The minimum atomic E-state index is 0.185. The molecule has 3 atom stereocenters. The highest BCUT2D eigenvalue weighted by Gasteiger charge is 2.39. The van der Waals surface area contributed by atoms with Crippen molar-refractivity contribution in [2.75, 3.05) is 6.79 Å². The summed E-state index contributed by atoms with van der Waals surface area (Å²) in [5.74, 6) is 4.08. The van der Waals surface area contributed by atoms with Crippen LogP contribution < -0.4 is 14.8 Å². The quantitative estimate of drug-likeness (QED) is 0.926. The van der Waals surface area contributed by atoms with Gasteiger partial charge in [0, 0.05) is 13.0 Å². The Morgan fingerprint density at radius 3 is 2.90 bits per heavy atom. The molecule has 1 amide bonds. The van der Waals surface area contributed by atoms with Gasteiger partial charge in [0.2, 0.25) is 12.7 Å². The molecule has 1 aromatic rings. The first kappa shape index (κ1) is 13.0. The molecule has 0 saturated heterocycles. The number of carbonyl (C=O) groups is 1. The fraction of sp³-hybridized carbons (Fsp3) is 0.588. The highest BCUT2D eigenvalue weighted by Crippen LogP contribution is 2.49. The van der Waals surface area contributed by atoms with Gasteiger partial charge in [-0.05, 0) is 54.7 Å². The lowest BCUT2D eigenvalue weighted by molar-refractivity contribution is -0.122. The normalized spacial score (nSPS) is 28.9. The van der Waals surface area contributed by atoms with Gasteiger partial charge in [-0.25, -0.2) is 0 Å². The van der Waals surface area contributed by atoms with Crippen LogP contribution in [0.1, 0.15) is 37.7 Å². The Kier molecular flexibility index (Phi) is 3.24. The van der Waals surface area contributed by atoms with Gasteiger partial charge in [0.15, 0.2) is 11.5 Å². The molecule has 112 valence electrons. The summed E-state index contributed by atoms with van der Waals surface area (Å²) >= 11 is 0. The van der Waals surface area contributed by atoms with Crippen LogP contribution in [0.25, 0.3) is 0 Å². The average Bonchev–Trinajstić information content (AvgIpc) is 3.20. The second kappa shape index (κ2) is 5.24. The Balaban J connectivity index is 1.29. The van der Waals surface area contributed by atoms with E-state index in [1.54, 1.807) is 0 Å². The first-order valence-electron chi connectivity index (χ1n) is 7.93. The van der Waals surface area contributed by atoms with Gasteiger partial charge < -0.3 is 14.8 Å². The van der Waals surface area contributed by atoms with Crippen molar-refractivity contribution in [2.24, 2.45) is 17.8 Å². The number of hydrogen-bond donors (Lipinski definition) is 1. The highest BCUT2D eigenvalue weighted by molar-refractivity contribution is 5.76. The number of hydrogen-bond acceptors (Lipinski definition) is 3. The van der Waals surface area contributed by atoms with Crippen molar-refractivity contribution in [1.82, 2.24) is 5.32 Å². The molecular weight excluding hydrogens is 266 g/mol. The number of benzene rings is 1. The lowest BCUT2D eigenvalue weighted by Crippen LogP contribution is -2.26. The standard InChI is InChI=1S/C17H21NO3/c19-17(8-14-6-11-1-3-13(14)5-11)18-9-12-2-4-15-16(7-12)21-10-20-15/h2,4,7,11,13-14H,1,3,5-6,8-10H2,(H,18,19)/t11-,13-,14+/m0/s1. The topological polar surface area (TPSA) is 47.6 Å². The summed E-state index contributed by atoms with van der Waals surface area (Å²) in [6, 6.07) is 5.82. The van der Waals surface area contributed by atoms with Crippen LogP contribution >= 0.6 is 0 Å². The molecule has 2 aliphatic carbocycles. The van der Waals surface area contributed by atoms with Crippen LogP contribution in [0.5, 0.6) is 11.5 Å². The zero-order chi connectivity index (χ0) is 14.2. The van der Waals surface area contributed by atoms with E-state index in [1.165, 1.54) is 25.7 Å². The second-order valence-electron chi connectivity index (χ2n) is 6.60. The van der Waals surface area contributed by atoms with E-state index in [4.69, 9.17) is 9.47 Å². The minimum Gasteiger partial charge on any atom is -0.454 e. The first-order chi connectivity index (χ1) is 10.3. The largest absolute Gasteiger partial charge is 0.454 e. The summed E-state index contributed by atoms with van der Waals surface area (Å²) in [4.78, 5) is 12.1. The zero-order valence-electron chi connectivity index (χ0n) is 12.1. The van der Waals surface area contributed by atoms with Crippen molar-refractivity contribution in [3.8, 4) is 11.5 Å². The molecule has 4 rings (SSSR count). The third kappa shape index (κ3) is 2.59. The van der Waals surface area contributed by atoms with Crippen LogP contribution in [0, 0.1) is 17.8 Å². The number of amides is 1. The van der Waals surface area contributed by atoms with E-state index in [0.717, 1.165) is 28.9 Å². The van der Waals surface area contributed by atoms with E-state index in [0.29, 0.717) is 18.9 Å². The third-order valence-corrected chi connectivity index (χ3v) is 5.26. The van der Waals surface area contributed by atoms with Crippen molar-refractivity contribution >= 4 is 5.91 Å². The van der Waals surface area contributed by atoms with Gasteiger partial charge >= 0.3 is 0 Å². The number of fused-ring (bicyclic) bond motifs is 3. The molecule has 21 heavy (non-hydrogen) atoms. The molecule has 0 aromatic heterocycles. The molecule has 2 fully saturated rings. The Bertz CT molecular complexity index is 557. The maximum Gasteiger partial charge on any atom is 0.231 e. The lowest BCUT2D eigenvalue weighted by Gasteiger charge is -2.20. The maximum atomic E-state index is 12.1. The van der Waals surface area contributed by atoms with Gasteiger partial charge in [0.05, 0.1) is 0 Å². The predicted octanol–water partition coefficient (Wildman–Crippen LogP) is 2.86. The van der Waals surface area contributed by atoms with E-state index in [2.05, 4.69) is 5.32 Å². The van der Waals surface area contributed by atoms with Gasteiger partial charge in [0.25, 0.3) is 0 Å². The monoisotopic (exact) mass is 287 g/mol. The molecule has 1 heterocycles. The Labute approximate surface area is 124 Å². The van der Waals surface area contributed by atoms with Gasteiger partial charge in [-0.3, -0.25) is 4.79 Å². The van der Waals surface area contributed by atoms with E-state index < -0.39 is 0 Å². The fourth-order valence-electron chi connectivity index (χ4n) is 4.19. The van der Waals surface area contributed by atoms with Crippen molar-refractivity contribution < 1.29 is 14.3 Å². The van der Waals surface area contributed by atoms with Crippen LogP contribution in [0.3, 0.4) is 0 Å². The van der Waals surface area contributed by atoms with Crippen LogP contribution in [0.15, 0.2) is 18.2 Å². The number of rotatable bonds is 4. The van der Waals surface area contributed by atoms with Gasteiger partial charge in [-0.2, -0.15) is 0 Å². The highest BCUT2D eigenvalue weighted by atomic mass is 16.7. The van der Waals surface area contributed by atoms with E-state index in [9.17, 15) is 4.79 Å². The zero-order valence-corrected chi connectivity index (χ0v) is 12.1. The molecule has 4 heteroatoms. The molecule has 1 N–H and O–H groups in total. The van der Waals surface area contributed by atoms with Gasteiger partial charge in [-0.1, -0.05) is 12.5 Å². The summed E-state index contributed by atoms with van der Waals surface area (Å²) < 4.78 is 10.6. The minimum absolute atomic E-state index is 0.185. The van der Waals surface area contributed by atoms with Crippen molar-refractivity contribution in [3.63, 3.8) is 0 Å². The lowest BCUT2D eigenvalue weighted by atomic mass is 9.86. The summed E-state index contributed by atoms with van der Waals surface area (Å²) in [6.45, 7) is 0.853. The number of ether oxygens (including phenoxy) is 2. The Morgan fingerprint density at radius 1 is 1.19 bits per heavy atom. The molecule has 4 nitrogen and oxygen atoms in total. The smallest absolute Gasteiger partial charge is 0.231 e. The third-order valence-electron chi connectivity index (χ3n) is 5.26. The molecule has 1 aliphatic heterocycles. The van der Waals surface area contributed by atoms with Crippen LogP contribution in [-0.2, 0) is 11.3 Å². The molecule has 2 saturated carbocycles. The second-order valence-corrected chi connectivity index (χ2v) is 6.60. The average molecular weight is 287 g/mol. The summed E-state index contributed by atoms with van der Waals surface area (Å²) in [7, 11) is 0. The SMILES string of the molecule is O=C(C[C@H]1C[C@H]2CC[C@H]1C2)NCc1ccc2c(c1)OCO2. The molecule has 0 unspecified atom stereocenters. The predicted molar refractivity (Wildman–Crippen MR) is 78.0 cm³/mol. The van der Waals surface area contributed by atoms with Gasteiger partial charge in [0.1, 0.15) is 0 Å². The van der Waals surface area contributed by atoms with E-state index in [-0.39, 0.29) is 12.7 Å². The maximum absolute atomic E-state index is 12.1. The van der Waals surface area contributed by atoms with E-state index in [1.807, 2.05) is 18.2 Å². The molecule has 1 aromatic carbocycles. The molecule has 0 radical (unpaired) electrons. The summed E-state index contributed by atoms with van der Waals surface area (Å²) in [6.07, 6.45) is 6.05. The number of carbonyl (C=O) groups excluding carboxylic acids is 1. The fourth-order valence-corrected chi connectivity index (χ4v) is 4.19. The molecule has 2 bridgehead atoms. The van der Waals surface area contributed by atoms with E-state index >= 15 is 0 Å². The number of nitrogens with one attached hydrogen (secondary N) is 1. The van der Waals surface area contributed by atoms with Crippen LogP contribution in [0.4, 0.5) is 0 Å². The van der Waals surface area contributed by atoms with Crippen molar-refractivity contribution in [3.05, 3.63) is 23.8 Å². The van der Waals surface area contributed by atoms with Crippen LogP contribution in [0.2, 0.25) is 0 Å². The van der Waals surface area contributed by atoms with Crippen molar-refractivity contribution in [1.29, 1.82) is 0 Å².